The highest BCUT2D eigenvalue weighted by molar-refractivity contribution is 14.1. The van der Waals surface area contributed by atoms with Crippen LogP contribution in [0.25, 0.3) is 0 Å². The minimum atomic E-state index is -2.20. The van der Waals surface area contributed by atoms with Crippen LogP contribution < -0.4 is 47.3 Å². The van der Waals surface area contributed by atoms with Crippen LogP contribution in [0.15, 0.2) is 35.1 Å². The number of amides is 3. The Bertz CT molecular complexity index is 3290. The zero-order chi connectivity index (χ0) is 75.5. The first-order valence-corrected chi connectivity index (χ1v) is 37.7. The monoisotopic (exact) mass is 1620 g/mol. The molecule has 4 saturated heterocycles. The Kier molecular flexibility index (Phi) is 33.8. The van der Waals surface area contributed by atoms with E-state index in [0.717, 1.165) is 18.9 Å². The highest BCUT2D eigenvalue weighted by Crippen LogP contribution is 2.49. The largest absolute Gasteiger partial charge is 0.492 e. The lowest BCUT2D eigenvalue weighted by molar-refractivity contribution is -0.337. The number of ether oxygens (including phenoxy) is 14. The van der Waals surface area contributed by atoms with Crippen molar-refractivity contribution in [3.63, 3.8) is 0 Å². The SMILES string of the molecule is CCN(CC(=O)NCCOCCOCCN)[C@H]1CO[C@@H](O[C@H]2[C@H](O[C@H]3C#C/C=C/C#C[C@]4(O)CC(=O)C(NC(=O)OC)=C3/C4=C\CSSC(C)(C)CC(=O)NN)O[C@H](C)[C@@H](NO[C@H]3C[C@H](O)[C@H](SC(=O)c4c(C)c(I)c(O[C@@H]5O[C@@H](C)[C@H](O)[C@@H](OC)[C@H]5O)c(OC)c4OC)[C@@H](C)O3)[C@@H]2O)C[C@@H]1OC. The van der Waals surface area contributed by atoms with Crippen LogP contribution in [-0.4, -0.2) is 280 Å². The number of hydrogen-bond donors (Lipinski definition) is 11. The molecule has 0 unspecified atom stereocenters. The number of hydrogen-bond acceptors (Lipinski definition) is 32. The molecule has 0 spiro atoms. The maximum atomic E-state index is 14.6. The standard InChI is InChI=1S/C67H98IN7O25S3/c1-13-75(32-45(79)71-22-24-92-26-25-91-23-21-69)39-33-93-46(29-43(39)86-8)98-59-54(81)51(35(3)95-64(59)97-42-18-16-14-15-17-20-67(85)30-41(77)52(72-65(84)90-12)49(42)38(67)19-27-101-103-66(6,7)31-44(78)73-70)74-100-47-28-40(76)61(37(5)94-47)102-62(83)48-34(2)50(68)57(60(89-11)56(48)87-9)99-63-55(82)58(88-10)53(80)36(4)96-63/h14-15,19,35-37,39-40,42-43,46-47,51,53-55,58-59,61,63-64,74,76,80-82,85H,13,21-33,69-70H2,1-12H3,(H,71,79)(H,72,84)(H,73,78)/b15-14+,38-19+/t35-,36+,37-,39+,40+,42+,43+,46+,47+,51-,53+,54+,55-,58-,59-,61-,63+,64+,67+/m1/s1. The van der Waals surface area contributed by atoms with E-state index in [-0.39, 0.29) is 103 Å². The number of carbonyl (C=O) groups excluding carboxylic acids is 5. The number of nitrogens with zero attached hydrogens (tertiary/aromatic N) is 1. The number of halogens is 1. The minimum absolute atomic E-state index is 0.00206. The first kappa shape index (κ1) is 85.7. The number of likely N-dealkylation sites (N-methyl/N-ethyl adjacent to an activating group) is 1. The number of methoxy groups -OCH3 is 5. The van der Waals surface area contributed by atoms with Gasteiger partial charge in [-0.2, -0.15) is 5.48 Å². The van der Waals surface area contributed by atoms with Crippen molar-refractivity contribution in [2.24, 2.45) is 11.6 Å². The first-order valence-electron chi connectivity index (χ1n) is 33.4. The molecule has 19 atom stereocenters. The number of benzene rings is 1. The average molecular weight is 1620 g/mol. The molecule has 4 fully saturated rings. The molecule has 3 amide bonds. The number of fused-ring (bicyclic) bond motifs is 2. The highest BCUT2D eigenvalue weighted by Gasteiger charge is 2.53. The molecule has 4 heterocycles. The molecule has 576 valence electrons. The summed E-state index contributed by atoms with van der Waals surface area (Å²) in [4.78, 5) is 75.9. The molecule has 2 aliphatic carbocycles. The Hall–Kier alpha value is -4.51. The lowest BCUT2D eigenvalue weighted by Gasteiger charge is -2.47. The summed E-state index contributed by atoms with van der Waals surface area (Å²) < 4.78 is 83.8. The van der Waals surface area contributed by atoms with Crippen molar-refractivity contribution in [2.45, 2.75) is 194 Å². The normalized spacial score (nSPS) is 31.6. The lowest BCUT2D eigenvalue weighted by atomic mass is 9.75. The van der Waals surface area contributed by atoms with E-state index in [2.05, 4.69) is 45.2 Å². The molecule has 103 heavy (non-hydrogen) atoms. The molecule has 1 aromatic carbocycles. The van der Waals surface area contributed by atoms with Gasteiger partial charge in [0.05, 0.1) is 130 Å². The van der Waals surface area contributed by atoms with Crippen LogP contribution in [0.5, 0.6) is 17.2 Å². The first-order chi connectivity index (χ1) is 49.1. The number of nitrogens with one attached hydrogen (secondary N) is 4. The number of thioether (sulfide) groups is 1. The summed E-state index contributed by atoms with van der Waals surface area (Å²) in [5.41, 5.74) is 8.38. The zero-order valence-corrected chi connectivity index (χ0v) is 64.2. The number of aliphatic hydroxyl groups is 5. The summed E-state index contributed by atoms with van der Waals surface area (Å²) >= 11 is 2.78. The van der Waals surface area contributed by atoms with Crippen molar-refractivity contribution in [3.8, 4) is 40.9 Å². The van der Waals surface area contributed by atoms with E-state index in [9.17, 15) is 49.5 Å². The van der Waals surface area contributed by atoms with Gasteiger partial charge in [-0.25, -0.2) is 10.6 Å². The van der Waals surface area contributed by atoms with Gasteiger partial charge in [-0.15, -0.1) is 0 Å². The third-order valence-corrected chi connectivity index (χ3v) is 23.4. The van der Waals surface area contributed by atoms with Gasteiger partial charge in [0.1, 0.15) is 36.6 Å². The van der Waals surface area contributed by atoms with Crippen LogP contribution in [0.1, 0.15) is 83.1 Å². The number of ketones is 1. The zero-order valence-electron chi connectivity index (χ0n) is 59.6. The second kappa shape index (κ2) is 40.6. The summed E-state index contributed by atoms with van der Waals surface area (Å²) in [6.45, 7) is 14.5. The van der Waals surface area contributed by atoms with Gasteiger partial charge in [0.15, 0.2) is 41.8 Å². The van der Waals surface area contributed by atoms with Gasteiger partial charge in [0, 0.05) is 68.2 Å². The van der Waals surface area contributed by atoms with Crippen LogP contribution in [0, 0.1) is 34.2 Å². The number of alkyl carbamates (subject to hydrolysis) is 1. The molecular formula is C67H98IN7O25S3. The van der Waals surface area contributed by atoms with Crippen molar-refractivity contribution in [1.82, 2.24) is 26.4 Å². The number of allylic oxidation sites excluding steroid dienone is 3. The number of hydroxylamine groups is 1. The average Bonchev–Trinajstić information content (AvgIpc) is 0.755. The van der Waals surface area contributed by atoms with E-state index < -0.39 is 143 Å². The fourth-order valence-electron chi connectivity index (χ4n) is 12.3. The Morgan fingerprint density at radius 2 is 1.56 bits per heavy atom. The Morgan fingerprint density at radius 1 is 0.854 bits per heavy atom. The molecule has 2 bridgehead atoms. The number of nitrogens with two attached hydrogens (primary N) is 2. The molecule has 7 rings (SSSR count). The van der Waals surface area contributed by atoms with E-state index in [0.29, 0.717) is 42.0 Å². The van der Waals surface area contributed by atoms with Crippen molar-refractivity contribution in [3.05, 3.63) is 49.8 Å². The summed E-state index contributed by atoms with van der Waals surface area (Å²) in [6.07, 6.45) is -15.7. The Labute approximate surface area is 625 Å². The molecule has 32 nitrogen and oxygen atoms in total. The molecule has 0 saturated carbocycles. The second-order valence-electron chi connectivity index (χ2n) is 25.3. The fourth-order valence-corrected chi connectivity index (χ4v) is 16.5. The van der Waals surface area contributed by atoms with E-state index in [1.807, 2.05) is 48.3 Å². The maximum Gasteiger partial charge on any atom is 0.411 e. The van der Waals surface area contributed by atoms with Crippen LogP contribution in [0.4, 0.5) is 4.79 Å². The van der Waals surface area contributed by atoms with Gasteiger partial charge in [-0.3, -0.25) is 39.7 Å². The summed E-state index contributed by atoms with van der Waals surface area (Å²) in [6, 6.07) is -1.67. The topological polar surface area (TPSA) is 428 Å². The summed E-state index contributed by atoms with van der Waals surface area (Å²) in [5.74, 6) is 15.7. The quantitative estimate of drug-likeness (QED) is 0.00868. The maximum absolute atomic E-state index is 14.6. The van der Waals surface area contributed by atoms with Gasteiger partial charge in [0.25, 0.3) is 0 Å². The molecule has 36 heteroatoms. The molecule has 0 radical (unpaired) electrons. The van der Waals surface area contributed by atoms with Crippen LogP contribution in [-0.2, 0) is 71.3 Å². The van der Waals surface area contributed by atoms with Crippen LogP contribution >= 0.6 is 55.9 Å². The van der Waals surface area contributed by atoms with Gasteiger partial charge >= 0.3 is 6.09 Å². The van der Waals surface area contributed by atoms with E-state index in [4.69, 9.17) is 82.7 Å². The van der Waals surface area contributed by atoms with Crippen molar-refractivity contribution >= 4 is 84.7 Å². The number of Topliss-reactive ketones (excluding diaryl/α,β-unsaturated/α-hetero) is 1. The van der Waals surface area contributed by atoms with Crippen molar-refractivity contribution in [1.29, 1.82) is 0 Å². The minimum Gasteiger partial charge on any atom is -0.492 e. The number of rotatable bonds is 34. The van der Waals surface area contributed by atoms with Crippen molar-refractivity contribution in [2.75, 3.05) is 101 Å². The van der Waals surface area contributed by atoms with E-state index >= 15 is 0 Å². The van der Waals surface area contributed by atoms with Gasteiger partial charge in [-0.05, 0) is 88.4 Å². The molecule has 13 N–H and O–H groups in total. The second-order valence-corrected chi connectivity index (χ2v) is 30.5. The molecule has 4 aliphatic heterocycles. The third-order valence-electron chi connectivity index (χ3n) is 17.6. The van der Waals surface area contributed by atoms with Crippen LogP contribution in [0.3, 0.4) is 0 Å². The highest BCUT2D eigenvalue weighted by atomic mass is 127. The predicted octanol–water partition coefficient (Wildman–Crippen LogP) is 0.898. The number of hydrazine groups is 1. The summed E-state index contributed by atoms with van der Waals surface area (Å²) in [7, 11) is 9.32. The molecule has 0 aromatic heterocycles. The van der Waals surface area contributed by atoms with Gasteiger partial charge in [-0.1, -0.05) is 70.0 Å². The smallest absolute Gasteiger partial charge is 0.411 e. The van der Waals surface area contributed by atoms with Crippen molar-refractivity contribution < 1.29 is 121 Å². The molecule has 1 aromatic rings. The Morgan fingerprint density at radius 3 is 2.22 bits per heavy atom. The summed E-state index contributed by atoms with van der Waals surface area (Å²) in [5, 5.41) is 63.0. The van der Waals surface area contributed by atoms with E-state index in [1.54, 1.807) is 33.8 Å². The lowest BCUT2D eigenvalue weighted by Crippen LogP contribution is -2.65. The van der Waals surface area contributed by atoms with Gasteiger partial charge < -0.3 is 103 Å². The van der Waals surface area contributed by atoms with Gasteiger partial charge in [0.2, 0.25) is 29.0 Å². The number of aliphatic hydroxyl groups excluding tert-OH is 4. The third kappa shape index (κ3) is 22.3. The Balaban J connectivity index is 1.15. The number of carbonyl (C=O) groups is 5. The fraction of sp³-hybridized carbons (Fsp3) is 0.687. The molecular weight excluding hydrogens is 1530 g/mol. The molecule has 6 aliphatic rings. The predicted molar refractivity (Wildman–Crippen MR) is 384 cm³/mol. The van der Waals surface area contributed by atoms with E-state index in [1.165, 1.54) is 62.2 Å². The van der Waals surface area contributed by atoms with Crippen LogP contribution in [0.2, 0.25) is 0 Å².